The number of nitrogens with zero attached hydrogens (tertiary/aromatic N) is 3. The molecule has 1 aliphatic heterocycles. The highest BCUT2D eigenvalue weighted by atomic mass is 35.5. The van der Waals surface area contributed by atoms with Crippen molar-refractivity contribution < 1.29 is 22.7 Å². The van der Waals surface area contributed by atoms with E-state index in [1.54, 1.807) is 13.0 Å². The SMILES string of the molecule is C[C@@H](Nc1nc(Cl)nc2c1CC(CCC(=O)C1=NCCOC1)C2)c1cccc(C(F)(F)F)c1. The fourth-order valence-corrected chi connectivity index (χ4v) is 4.41. The van der Waals surface area contributed by atoms with E-state index in [1.165, 1.54) is 6.07 Å². The summed E-state index contributed by atoms with van der Waals surface area (Å²) in [5.41, 5.74) is 2.00. The lowest BCUT2D eigenvalue weighted by Crippen LogP contribution is -2.26. The second kappa shape index (κ2) is 9.77. The third-order valence-electron chi connectivity index (χ3n) is 5.99. The van der Waals surface area contributed by atoms with Gasteiger partial charge < -0.3 is 10.1 Å². The molecule has 0 amide bonds. The van der Waals surface area contributed by atoms with E-state index >= 15 is 0 Å². The van der Waals surface area contributed by atoms with Crippen LogP contribution in [0.2, 0.25) is 5.28 Å². The zero-order valence-corrected chi connectivity index (χ0v) is 18.8. The van der Waals surface area contributed by atoms with Gasteiger partial charge in [0.1, 0.15) is 11.5 Å². The molecule has 1 aromatic heterocycles. The molecule has 176 valence electrons. The van der Waals surface area contributed by atoms with Gasteiger partial charge in [-0.25, -0.2) is 9.97 Å². The molecule has 10 heteroatoms. The quantitative estimate of drug-likeness (QED) is 0.573. The minimum Gasteiger partial charge on any atom is -0.373 e. The highest BCUT2D eigenvalue weighted by Gasteiger charge is 2.31. The van der Waals surface area contributed by atoms with Crippen molar-refractivity contribution in [3.63, 3.8) is 0 Å². The summed E-state index contributed by atoms with van der Waals surface area (Å²) in [6.07, 6.45) is -2.02. The van der Waals surface area contributed by atoms with Crippen LogP contribution in [-0.2, 0) is 28.5 Å². The van der Waals surface area contributed by atoms with Crippen molar-refractivity contribution in [2.75, 3.05) is 25.1 Å². The number of hydrogen-bond donors (Lipinski definition) is 1. The largest absolute Gasteiger partial charge is 0.416 e. The van der Waals surface area contributed by atoms with Gasteiger partial charge in [-0.05, 0) is 61.4 Å². The number of ketones is 1. The molecule has 6 nitrogen and oxygen atoms in total. The molecule has 1 unspecified atom stereocenters. The summed E-state index contributed by atoms with van der Waals surface area (Å²) in [5, 5.41) is 3.29. The molecular formula is C23H24ClF3N4O2. The fraction of sp³-hybridized carbons (Fsp3) is 0.478. The van der Waals surface area contributed by atoms with Gasteiger partial charge in [-0.2, -0.15) is 13.2 Å². The maximum atomic E-state index is 13.1. The number of Topliss-reactive ketones (excluding diaryl/α,β-unsaturated/α-hetero) is 1. The van der Waals surface area contributed by atoms with Crippen LogP contribution >= 0.6 is 11.6 Å². The summed E-state index contributed by atoms with van der Waals surface area (Å²) in [5.74, 6) is 0.728. The lowest BCUT2D eigenvalue weighted by Gasteiger charge is -2.19. The molecule has 0 fully saturated rings. The molecule has 0 bridgehead atoms. The van der Waals surface area contributed by atoms with Crippen molar-refractivity contribution in [2.24, 2.45) is 10.9 Å². The first-order chi connectivity index (χ1) is 15.7. The van der Waals surface area contributed by atoms with Gasteiger partial charge in [-0.1, -0.05) is 12.1 Å². The number of ether oxygens (including phenoxy) is 1. The van der Waals surface area contributed by atoms with Crippen LogP contribution in [0.25, 0.3) is 0 Å². The molecule has 0 saturated carbocycles. The fourth-order valence-electron chi connectivity index (χ4n) is 4.22. The number of alkyl halides is 3. The van der Waals surface area contributed by atoms with Gasteiger partial charge in [-0.3, -0.25) is 9.79 Å². The number of aliphatic imine (C=N–C) groups is 1. The van der Waals surface area contributed by atoms with Crippen LogP contribution in [0.4, 0.5) is 19.0 Å². The molecule has 4 rings (SSSR count). The standard InChI is InChI=1S/C23H24ClF3N4O2/c1-13(15-3-2-4-16(11-15)23(25,26)27)29-21-17-9-14(10-18(17)30-22(24)31-21)5-6-20(32)19-12-33-8-7-28-19/h2-4,11,13-14H,5-10,12H2,1H3,(H,29,30,31)/t13-,14?/m1/s1. The topological polar surface area (TPSA) is 76.5 Å². The molecule has 1 aromatic carbocycles. The van der Waals surface area contributed by atoms with Gasteiger partial charge in [0, 0.05) is 18.0 Å². The molecule has 1 aliphatic carbocycles. The second-order valence-electron chi connectivity index (χ2n) is 8.37. The number of carbonyl (C=O) groups is 1. The second-order valence-corrected chi connectivity index (χ2v) is 8.71. The summed E-state index contributed by atoms with van der Waals surface area (Å²) in [6, 6.07) is 4.79. The van der Waals surface area contributed by atoms with Crippen LogP contribution in [0.15, 0.2) is 29.3 Å². The molecule has 0 radical (unpaired) electrons. The Balaban J connectivity index is 1.44. The zero-order valence-electron chi connectivity index (χ0n) is 18.1. The molecule has 2 atom stereocenters. The van der Waals surface area contributed by atoms with Crippen molar-refractivity contribution in [1.82, 2.24) is 9.97 Å². The van der Waals surface area contributed by atoms with E-state index in [2.05, 4.69) is 20.3 Å². The molecule has 2 aliphatic rings. The minimum atomic E-state index is -4.41. The third kappa shape index (κ3) is 5.70. The van der Waals surface area contributed by atoms with Crippen molar-refractivity contribution in [1.29, 1.82) is 0 Å². The smallest absolute Gasteiger partial charge is 0.373 e. The Hall–Kier alpha value is -2.52. The summed E-state index contributed by atoms with van der Waals surface area (Å²) in [4.78, 5) is 25.3. The van der Waals surface area contributed by atoms with Crippen molar-refractivity contribution in [3.05, 3.63) is 51.9 Å². The van der Waals surface area contributed by atoms with E-state index in [9.17, 15) is 18.0 Å². The van der Waals surface area contributed by atoms with Gasteiger partial charge in [0.2, 0.25) is 5.28 Å². The molecule has 0 saturated heterocycles. The van der Waals surface area contributed by atoms with E-state index in [-0.39, 0.29) is 23.6 Å². The maximum absolute atomic E-state index is 13.1. The maximum Gasteiger partial charge on any atom is 0.416 e. The lowest BCUT2D eigenvalue weighted by molar-refractivity contribution is -0.137. The van der Waals surface area contributed by atoms with Crippen molar-refractivity contribution in [2.45, 2.75) is 44.8 Å². The number of aromatic nitrogens is 2. The number of nitrogens with one attached hydrogen (secondary N) is 1. The van der Waals surface area contributed by atoms with Crippen LogP contribution in [0.5, 0.6) is 0 Å². The average molecular weight is 481 g/mol. The van der Waals surface area contributed by atoms with E-state index in [1.807, 2.05) is 0 Å². The summed E-state index contributed by atoms with van der Waals surface area (Å²) in [6.45, 7) is 3.11. The van der Waals surface area contributed by atoms with E-state index in [0.29, 0.717) is 55.9 Å². The molecule has 2 heterocycles. The Kier molecular flexibility index (Phi) is 6.99. The van der Waals surface area contributed by atoms with E-state index in [4.69, 9.17) is 16.3 Å². The van der Waals surface area contributed by atoms with Crippen molar-refractivity contribution >= 4 is 28.9 Å². The number of halogens is 4. The van der Waals surface area contributed by atoms with Crippen LogP contribution in [0.1, 0.15) is 48.2 Å². The van der Waals surface area contributed by atoms with Gasteiger partial charge in [0.15, 0.2) is 5.78 Å². The number of fused-ring (bicyclic) bond motifs is 1. The third-order valence-corrected chi connectivity index (χ3v) is 6.16. The number of rotatable bonds is 7. The van der Waals surface area contributed by atoms with Crippen LogP contribution in [-0.4, -0.2) is 41.2 Å². The summed E-state index contributed by atoms with van der Waals surface area (Å²) < 4.78 is 44.6. The first-order valence-electron chi connectivity index (χ1n) is 10.8. The predicted molar refractivity (Wildman–Crippen MR) is 119 cm³/mol. The van der Waals surface area contributed by atoms with E-state index < -0.39 is 17.8 Å². The molecule has 33 heavy (non-hydrogen) atoms. The lowest BCUT2D eigenvalue weighted by atomic mass is 9.97. The van der Waals surface area contributed by atoms with Gasteiger partial charge in [0.25, 0.3) is 0 Å². The Bertz CT molecular complexity index is 1070. The highest BCUT2D eigenvalue weighted by molar-refractivity contribution is 6.40. The van der Waals surface area contributed by atoms with Crippen LogP contribution in [0, 0.1) is 5.92 Å². The number of benzene rings is 1. The molecule has 1 N–H and O–H groups in total. The Labute approximate surface area is 194 Å². The molecule has 2 aromatic rings. The van der Waals surface area contributed by atoms with Gasteiger partial charge in [0.05, 0.1) is 31.0 Å². The summed E-state index contributed by atoms with van der Waals surface area (Å²) >= 11 is 6.13. The number of hydrogen-bond acceptors (Lipinski definition) is 6. The summed E-state index contributed by atoms with van der Waals surface area (Å²) in [7, 11) is 0. The van der Waals surface area contributed by atoms with Crippen molar-refractivity contribution in [3.8, 4) is 0 Å². The van der Waals surface area contributed by atoms with E-state index in [0.717, 1.165) is 23.4 Å². The van der Waals surface area contributed by atoms with Gasteiger partial charge >= 0.3 is 6.18 Å². The molecule has 0 spiro atoms. The Morgan fingerprint density at radius 1 is 1.30 bits per heavy atom. The monoisotopic (exact) mass is 480 g/mol. The number of anilines is 1. The Morgan fingerprint density at radius 2 is 2.12 bits per heavy atom. The normalized spacial score (nSPS) is 19.1. The molecular weight excluding hydrogens is 457 g/mol. The average Bonchev–Trinajstić information content (AvgIpc) is 3.20. The first-order valence-corrected chi connectivity index (χ1v) is 11.2. The first kappa shape index (κ1) is 23.6. The van der Waals surface area contributed by atoms with Crippen LogP contribution < -0.4 is 5.32 Å². The number of carbonyl (C=O) groups excluding carboxylic acids is 1. The Morgan fingerprint density at radius 3 is 2.85 bits per heavy atom. The van der Waals surface area contributed by atoms with Crippen LogP contribution in [0.3, 0.4) is 0 Å². The predicted octanol–water partition coefficient (Wildman–Crippen LogP) is 4.86. The minimum absolute atomic E-state index is 0.00582. The zero-order chi connectivity index (χ0) is 23.6. The van der Waals surface area contributed by atoms with Gasteiger partial charge in [-0.15, -0.1) is 0 Å². The highest BCUT2D eigenvalue weighted by Crippen LogP contribution is 2.36.